The average molecular weight is 175 g/mol. The second kappa shape index (κ2) is 3.13. The fourth-order valence-corrected chi connectivity index (χ4v) is 1.68. The highest BCUT2D eigenvalue weighted by Gasteiger charge is 2.05. The number of aryl methyl sites for hydroxylation is 1. The van der Waals surface area contributed by atoms with Crippen molar-refractivity contribution in [1.82, 2.24) is 4.98 Å². The summed E-state index contributed by atoms with van der Waals surface area (Å²) < 4.78 is 0. The molecule has 1 aromatic carbocycles. The number of benzene rings is 1. The van der Waals surface area contributed by atoms with E-state index < -0.39 is 0 Å². The number of hydrogen-bond donors (Lipinski definition) is 2. The molecule has 0 saturated carbocycles. The molecule has 0 aliphatic rings. The lowest BCUT2D eigenvalue weighted by Gasteiger charge is -2.04. The number of fused-ring (bicyclic) bond motifs is 1. The Morgan fingerprint density at radius 3 is 2.92 bits per heavy atom. The van der Waals surface area contributed by atoms with Crippen LogP contribution in [-0.2, 0) is 6.42 Å². The molecule has 0 bridgehead atoms. The molecule has 0 radical (unpaired) electrons. The molecular weight excluding hydrogens is 162 g/mol. The van der Waals surface area contributed by atoms with Gasteiger partial charge in [0.1, 0.15) is 5.75 Å². The van der Waals surface area contributed by atoms with Gasteiger partial charge in [0, 0.05) is 11.8 Å². The quantitative estimate of drug-likeness (QED) is 0.723. The largest absolute Gasteiger partial charge is 0.508 e. The lowest BCUT2D eigenvalue weighted by molar-refractivity contribution is 0.469. The van der Waals surface area contributed by atoms with Crippen LogP contribution < -0.4 is 0 Å². The predicted octanol–water partition coefficient (Wildman–Crippen LogP) is 2.83. The minimum atomic E-state index is 0.400. The van der Waals surface area contributed by atoms with Crippen molar-refractivity contribution >= 4 is 10.9 Å². The van der Waals surface area contributed by atoms with E-state index in [0.29, 0.717) is 5.75 Å². The van der Waals surface area contributed by atoms with Gasteiger partial charge < -0.3 is 10.1 Å². The zero-order valence-corrected chi connectivity index (χ0v) is 7.67. The number of aromatic nitrogens is 1. The Labute approximate surface area is 77.2 Å². The van der Waals surface area contributed by atoms with Crippen LogP contribution in [0.4, 0.5) is 0 Å². The van der Waals surface area contributed by atoms with Crippen molar-refractivity contribution in [3.8, 4) is 5.75 Å². The van der Waals surface area contributed by atoms with Crippen LogP contribution in [0.5, 0.6) is 5.75 Å². The lowest BCUT2D eigenvalue weighted by atomic mass is 10.1. The van der Waals surface area contributed by atoms with E-state index in [2.05, 4.69) is 11.9 Å². The Bertz CT molecular complexity index is 417. The maximum Gasteiger partial charge on any atom is 0.120 e. The van der Waals surface area contributed by atoms with Crippen molar-refractivity contribution < 1.29 is 5.11 Å². The van der Waals surface area contributed by atoms with Crippen molar-refractivity contribution in [3.63, 3.8) is 0 Å². The van der Waals surface area contributed by atoms with Crippen LogP contribution in [0.25, 0.3) is 10.9 Å². The Hall–Kier alpha value is -1.44. The van der Waals surface area contributed by atoms with Gasteiger partial charge in [0.15, 0.2) is 0 Å². The third kappa shape index (κ3) is 1.28. The number of phenolic OH excluding ortho intramolecular Hbond substituents is 1. The van der Waals surface area contributed by atoms with E-state index in [1.807, 2.05) is 18.3 Å². The van der Waals surface area contributed by atoms with Crippen LogP contribution in [-0.4, -0.2) is 10.1 Å². The Balaban J connectivity index is 2.66. The minimum absolute atomic E-state index is 0.400. The maximum atomic E-state index is 9.64. The molecule has 0 unspecified atom stereocenters. The standard InChI is InChI=1S/C11H13NO/c1-2-3-9-10(13)5-4-8-6-7-12-11(8)9/h4-7,12-13H,2-3H2,1H3. The summed E-state index contributed by atoms with van der Waals surface area (Å²) in [5.74, 6) is 0.400. The summed E-state index contributed by atoms with van der Waals surface area (Å²) in [6, 6.07) is 5.72. The molecule has 2 rings (SSSR count). The van der Waals surface area contributed by atoms with Crippen LogP contribution in [0.3, 0.4) is 0 Å². The molecule has 0 spiro atoms. The molecule has 0 fully saturated rings. The molecule has 0 saturated heterocycles. The fraction of sp³-hybridized carbons (Fsp3) is 0.273. The Kier molecular flexibility index (Phi) is 1.97. The molecule has 0 aliphatic carbocycles. The van der Waals surface area contributed by atoms with E-state index in [1.165, 1.54) is 5.39 Å². The number of aromatic amines is 1. The van der Waals surface area contributed by atoms with E-state index in [1.54, 1.807) is 6.07 Å². The normalized spacial score (nSPS) is 10.8. The van der Waals surface area contributed by atoms with Crippen LogP contribution in [0.1, 0.15) is 18.9 Å². The first-order chi connectivity index (χ1) is 6.33. The zero-order chi connectivity index (χ0) is 9.26. The molecule has 13 heavy (non-hydrogen) atoms. The van der Waals surface area contributed by atoms with E-state index in [4.69, 9.17) is 0 Å². The van der Waals surface area contributed by atoms with E-state index in [9.17, 15) is 5.11 Å². The van der Waals surface area contributed by atoms with Gasteiger partial charge in [-0.1, -0.05) is 13.3 Å². The van der Waals surface area contributed by atoms with Gasteiger partial charge in [-0.3, -0.25) is 0 Å². The van der Waals surface area contributed by atoms with Crippen molar-refractivity contribution in [3.05, 3.63) is 30.0 Å². The fourth-order valence-electron chi connectivity index (χ4n) is 1.68. The summed E-state index contributed by atoms with van der Waals surface area (Å²) in [5, 5.41) is 10.8. The van der Waals surface area contributed by atoms with Crippen LogP contribution in [0, 0.1) is 0 Å². The number of rotatable bonds is 2. The van der Waals surface area contributed by atoms with Crippen molar-refractivity contribution in [2.75, 3.05) is 0 Å². The molecule has 68 valence electrons. The van der Waals surface area contributed by atoms with Crippen molar-refractivity contribution in [2.24, 2.45) is 0 Å². The van der Waals surface area contributed by atoms with Crippen LogP contribution in [0.15, 0.2) is 24.4 Å². The highest BCUT2D eigenvalue weighted by molar-refractivity contribution is 5.84. The first-order valence-electron chi connectivity index (χ1n) is 4.61. The average Bonchev–Trinajstić information content (AvgIpc) is 2.58. The van der Waals surface area contributed by atoms with Gasteiger partial charge in [-0.15, -0.1) is 0 Å². The molecule has 0 atom stereocenters. The monoisotopic (exact) mass is 175 g/mol. The van der Waals surface area contributed by atoms with Gasteiger partial charge in [-0.05, 0) is 30.0 Å². The van der Waals surface area contributed by atoms with Gasteiger partial charge in [0.05, 0.1) is 5.52 Å². The van der Waals surface area contributed by atoms with Gasteiger partial charge >= 0.3 is 0 Å². The number of H-pyrrole nitrogens is 1. The minimum Gasteiger partial charge on any atom is -0.508 e. The van der Waals surface area contributed by atoms with Gasteiger partial charge in [-0.2, -0.15) is 0 Å². The summed E-state index contributed by atoms with van der Waals surface area (Å²) >= 11 is 0. The predicted molar refractivity (Wildman–Crippen MR) is 54.0 cm³/mol. The number of hydrogen-bond acceptors (Lipinski definition) is 1. The Morgan fingerprint density at radius 1 is 1.31 bits per heavy atom. The van der Waals surface area contributed by atoms with E-state index >= 15 is 0 Å². The number of phenols is 1. The van der Waals surface area contributed by atoms with Crippen molar-refractivity contribution in [2.45, 2.75) is 19.8 Å². The first kappa shape index (κ1) is 8.17. The molecular formula is C11H13NO. The van der Waals surface area contributed by atoms with E-state index in [-0.39, 0.29) is 0 Å². The zero-order valence-electron chi connectivity index (χ0n) is 7.67. The van der Waals surface area contributed by atoms with Crippen molar-refractivity contribution in [1.29, 1.82) is 0 Å². The summed E-state index contributed by atoms with van der Waals surface area (Å²) in [6.45, 7) is 2.11. The highest BCUT2D eigenvalue weighted by Crippen LogP contribution is 2.26. The van der Waals surface area contributed by atoms with E-state index in [0.717, 1.165) is 23.9 Å². The molecule has 1 heterocycles. The third-order valence-electron chi connectivity index (χ3n) is 2.31. The summed E-state index contributed by atoms with van der Waals surface area (Å²) in [5.41, 5.74) is 2.10. The summed E-state index contributed by atoms with van der Waals surface area (Å²) in [6.07, 6.45) is 3.87. The number of aromatic hydroxyl groups is 1. The van der Waals surface area contributed by atoms with Crippen LogP contribution >= 0.6 is 0 Å². The molecule has 0 amide bonds. The smallest absolute Gasteiger partial charge is 0.120 e. The molecule has 2 heteroatoms. The van der Waals surface area contributed by atoms with Gasteiger partial charge in [0.25, 0.3) is 0 Å². The lowest BCUT2D eigenvalue weighted by Crippen LogP contribution is -1.86. The SMILES string of the molecule is CCCc1c(O)ccc2cc[nH]c12. The van der Waals surface area contributed by atoms with Gasteiger partial charge in [-0.25, -0.2) is 0 Å². The first-order valence-corrected chi connectivity index (χ1v) is 4.61. The second-order valence-electron chi connectivity index (χ2n) is 3.26. The molecule has 1 aromatic heterocycles. The molecule has 2 N–H and O–H groups in total. The molecule has 2 nitrogen and oxygen atoms in total. The highest BCUT2D eigenvalue weighted by atomic mass is 16.3. The summed E-state index contributed by atoms with van der Waals surface area (Å²) in [4.78, 5) is 3.15. The second-order valence-corrected chi connectivity index (χ2v) is 3.26. The maximum absolute atomic E-state index is 9.64. The number of nitrogens with one attached hydrogen (secondary N) is 1. The molecule has 2 aromatic rings. The third-order valence-corrected chi connectivity index (χ3v) is 2.31. The topological polar surface area (TPSA) is 36.0 Å². The summed E-state index contributed by atoms with van der Waals surface area (Å²) in [7, 11) is 0. The Morgan fingerprint density at radius 2 is 2.15 bits per heavy atom. The molecule has 0 aliphatic heterocycles. The van der Waals surface area contributed by atoms with Crippen LogP contribution in [0.2, 0.25) is 0 Å². The van der Waals surface area contributed by atoms with Gasteiger partial charge in [0.2, 0.25) is 0 Å².